The van der Waals surface area contributed by atoms with Crippen LogP contribution in [0.25, 0.3) is 0 Å². The molecule has 3 amide bonds. The molecule has 0 aliphatic carbocycles. The van der Waals surface area contributed by atoms with Gasteiger partial charge in [-0.05, 0) is 27.2 Å². The van der Waals surface area contributed by atoms with Gasteiger partial charge in [-0.15, -0.1) is 0 Å². The maximum absolute atomic E-state index is 12.0. The zero-order valence-corrected chi connectivity index (χ0v) is 12.8. The second-order valence-corrected chi connectivity index (χ2v) is 6.72. The Hall–Kier alpha value is -1.79. The van der Waals surface area contributed by atoms with Crippen molar-refractivity contribution < 1.29 is 19.1 Å². The number of carbonyl (C=O) groups excluding carboxylic acids is 3. The van der Waals surface area contributed by atoms with E-state index in [-0.39, 0.29) is 24.5 Å². The van der Waals surface area contributed by atoms with E-state index in [1.165, 1.54) is 0 Å². The molecule has 2 rings (SSSR count). The summed E-state index contributed by atoms with van der Waals surface area (Å²) in [6, 6.07) is -0.0469. The fourth-order valence-corrected chi connectivity index (χ4v) is 2.76. The summed E-state index contributed by atoms with van der Waals surface area (Å²) in [6.07, 6.45) is 0.525. The number of nitrogens with two attached hydrogens (primary N) is 1. The molecule has 21 heavy (non-hydrogen) atoms. The van der Waals surface area contributed by atoms with Crippen molar-refractivity contribution in [3.8, 4) is 0 Å². The largest absolute Gasteiger partial charge is 0.444 e. The lowest BCUT2D eigenvalue weighted by molar-refractivity contribution is -0.130. The molecule has 2 atom stereocenters. The molecule has 2 aliphatic heterocycles. The van der Waals surface area contributed by atoms with Gasteiger partial charge in [0.05, 0.1) is 12.0 Å². The number of rotatable bonds is 2. The van der Waals surface area contributed by atoms with Crippen LogP contribution in [0.4, 0.5) is 4.79 Å². The predicted molar refractivity (Wildman–Crippen MR) is 75.2 cm³/mol. The molecule has 0 aromatic rings. The fraction of sp³-hybridized carbons (Fsp3) is 0.786. The molecular formula is C14H23N3O4. The Labute approximate surface area is 124 Å². The third-order valence-corrected chi connectivity index (χ3v) is 3.82. The Morgan fingerprint density at radius 3 is 2.48 bits per heavy atom. The van der Waals surface area contributed by atoms with E-state index in [2.05, 4.69) is 0 Å². The first kappa shape index (κ1) is 15.6. The molecule has 0 aromatic carbocycles. The lowest BCUT2D eigenvalue weighted by atomic mass is 10.1. The maximum Gasteiger partial charge on any atom is 0.410 e. The first-order valence-electron chi connectivity index (χ1n) is 7.24. The van der Waals surface area contributed by atoms with Crippen molar-refractivity contribution in [1.29, 1.82) is 0 Å². The van der Waals surface area contributed by atoms with E-state index >= 15 is 0 Å². The Balaban J connectivity index is 1.92. The van der Waals surface area contributed by atoms with Gasteiger partial charge in [0, 0.05) is 26.1 Å². The normalized spacial score (nSPS) is 26.3. The van der Waals surface area contributed by atoms with Gasteiger partial charge in [-0.3, -0.25) is 9.59 Å². The van der Waals surface area contributed by atoms with E-state index in [1.807, 2.05) is 20.8 Å². The van der Waals surface area contributed by atoms with Crippen molar-refractivity contribution in [1.82, 2.24) is 9.80 Å². The Kier molecular flexibility index (Phi) is 4.11. The number of carbonyl (C=O) groups is 3. The molecule has 0 spiro atoms. The zero-order valence-electron chi connectivity index (χ0n) is 12.8. The monoisotopic (exact) mass is 297 g/mol. The molecule has 2 saturated heterocycles. The number of ether oxygens (including phenoxy) is 1. The second-order valence-electron chi connectivity index (χ2n) is 6.72. The summed E-state index contributed by atoms with van der Waals surface area (Å²) in [4.78, 5) is 38.5. The van der Waals surface area contributed by atoms with Crippen molar-refractivity contribution in [3.63, 3.8) is 0 Å². The molecule has 0 bridgehead atoms. The summed E-state index contributed by atoms with van der Waals surface area (Å²) in [5.74, 6) is -0.907. The van der Waals surface area contributed by atoms with Crippen LogP contribution in [0.1, 0.15) is 33.6 Å². The highest BCUT2D eigenvalue weighted by molar-refractivity contribution is 5.88. The lowest BCUT2D eigenvalue weighted by Gasteiger charge is -2.26. The average molecular weight is 297 g/mol. The number of primary amides is 1. The van der Waals surface area contributed by atoms with E-state index in [9.17, 15) is 14.4 Å². The number of amides is 3. The Morgan fingerprint density at radius 2 is 1.95 bits per heavy atom. The van der Waals surface area contributed by atoms with Crippen LogP contribution in [-0.2, 0) is 14.3 Å². The van der Waals surface area contributed by atoms with Gasteiger partial charge in [-0.25, -0.2) is 4.79 Å². The summed E-state index contributed by atoms with van der Waals surface area (Å²) < 4.78 is 5.33. The smallest absolute Gasteiger partial charge is 0.410 e. The van der Waals surface area contributed by atoms with E-state index in [0.29, 0.717) is 26.1 Å². The van der Waals surface area contributed by atoms with Gasteiger partial charge < -0.3 is 20.3 Å². The van der Waals surface area contributed by atoms with Crippen LogP contribution >= 0.6 is 0 Å². The SMILES string of the molecule is CC(C)(C)OC(=O)N1CCC(N2CC(C(N)=O)CC2=O)C1. The lowest BCUT2D eigenvalue weighted by Crippen LogP contribution is -2.41. The minimum Gasteiger partial charge on any atom is -0.444 e. The quantitative estimate of drug-likeness (QED) is 0.795. The summed E-state index contributed by atoms with van der Waals surface area (Å²) in [6.45, 7) is 6.83. The number of hydrogen-bond acceptors (Lipinski definition) is 4. The summed E-state index contributed by atoms with van der Waals surface area (Å²) in [7, 11) is 0. The highest BCUT2D eigenvalue weighted by atomic mass is 16.6. The molecule has 2 heterocycles. The zero-order chi connectivity index (χ0) is 15.8. The highest BCUT2D eigenvalue weighted by Crippen LogP contribution is 2.25. The molecule has 2 N–H and O–H groups in total. The van der Waals surface area contributed by atoms with Crippen LogP contribution in [-0.4, -0.2) is 59.0 Å². The third kappa shape index (κ3) is 3.65. The Morgan fingerprint density at radius 1 is 1.29 bits per heavy atom. The molecule has 2 unspecified atom stereocenters. The van der Waals surface area contributed by atoms with Gasteiger partial charge in [0.25, 0.3) is 0 Å². The highest BCUT2D eigenvalue weighted by Gasteiger charge is 2.40. The van der Waals surface area contributed by atoms with Gasteiger partial charge in [0.1, 0.15) is 5.60 Å². The van der Waals surface area contributed by atoms with Crippen molar-refractivity contribution in [2.45, 2.75) is 45.3 Å². The first-order valence-corrected chi connectivity index (χ1v) is 7.24. The molecule has 7 heteroatoms. The summed E-state index contributed by atoms with van der Waals surface area (Å²) >= 11 is 0. The maximum atomic E-state index is 12.0. The standard InChI is InChI=1S/C14H23N3O4/c1-14(2,3)21-13(20)16-5-4-10(8-16)17-7-9(12(15)19)6-11(17)18/h9-10H,4-8H2,1-3H3,(H2,15,19). The second kappa shape index (κ2) is 5.54. The van der Waals surface area contributed by atoms with E-state index < -0.39 is 17.4 Å². The van der Waals surface area contributed by atoms with E-state index in [0.717, 1.165) is 0 Å². The van der Waals surface area contributed by atoms with Gasteiger partial charge in [-0.1, -0.05) is 0 Å². The molecule has 118 valence electrons. The van der Waals surface area contributed by atoms with Gasteiger partial charge in [0.2, 0.25) is 11.8 Å². The molecule has 2 aliphatic rings. The van der Waals surface area contributed by atoms with Crippen LogP contribution in [0.5, 0.6) is 0 Å². The van der Waals surface area contributed by atoms with Crippen LogP contribution in [0.2, 0.25) is 0 Å². The Bertz CT molecular complexity index is 458. The van der Waals surface area contributed by atoms with E-state index in [1.54, 1.807) is 9.80 Å². The fourth-order valence-electron chi connectivity index (χ4n) is 2.76. The molecule has 7 nitrogen and oxygen atoms in total. The number of hydrogen-bond donors (Lipinski definition) is 1. The molecule has 0 aromatic heterocycles. The van der Waals surface area contributed by atoms with Crippen LogP contribution in [0, 0.1) is 5.92 Å². The molecule has 2 fully saturated rings. The van der Waals surface area contributed by atoms with Crippen molar-refractivity contribution >= 4 is 17.9 Å². The van der Waals surface area contributed by atoms with E-state index in [4.69, 9.17) is 10.5 Å². The predicted octanol–water partition coefficient (Wildman–Crippen LogP) is 0.330. The molecular weight excluding hydrogens is 274 g/mol. The summed E-state index contributed by atoms with van der Waals surface area (Å²) in [5.41, 5.74) is 4.73. The van der Waals surface area contributed by atoms with Crippen molar-refractivity contribution in [2.24, 2.45) is 11.7 Å². The molecule has 0 saturated carbocycles. The third-order valence-electron chi connectivity index (χ3n) is 3.82. The van der Waals surface area contributed by atoms with Gasteiger partial charge in [0.15, 0.2) is 0 Å². The minimum absolute atomic E-state index is 0.0469. The molecule has 0 radical (unpaired) electrons. The van der Waals surface area contributed by atoms with Crippen molar-refractivity contribution in [2.75, 3.05) is 19.6 Å². The summed E-state index contributed by atoms with van der Waals surface area (Å²) in [5, 5.41) is 0. The topological polar surface area (TPSA) is 92.9 Å². The van der Waals surface area contributed by atoms with Gasteiger partial charge >= 0.3 is 6.09 Å². The first-order chi connectivity index (χ1) is 9.67. The minimum atomic E-state index is -0.532. The number of likely N-dealkylation sites (tertiary alicyclic amines) is 2. The van der Waals surface area contributed by atoms with Crippen molar-refractivity contribution in [3.05, 3.63) is 0 Å². The van der Waals surface area contributed by atoms with Gasteiger partial charge in [-0.2, -0.15) is 0 Å². The van der Waals surface area contributed by atoms with Crippen LogP contribution in [0.15, 0.2) is 0 Å². The number of nitrogens with zero attached hydrogens (tertiary/aromatic N) is 2. The van der Waals surface area contributed by atoms with Crippen LogP contribution in [0.3, 0.4) is 0 Å². The average Bonchev–Trinajstić information content (AvgIpc) is 2.92. The van der Waals surface area contributed by atoms with Crippen LogP contribution < -0.4 is 5.73 Å².